The van der Waals surface area contributed by atoms with Gasteiger partial charge in [0.25, 0.3) is 0 Å². The number of benzene rings is 1. The normalized spacial score (nSPS) is 15.1. The molecule has 1 aromatic carbocycles. The second-order valence-electron chi connectivity index (χ2n) is 5.67. The Kier molecular flexibility index (Phi) is 6.19. The van der Waals surface area contributed by atoms with Gasteiger partial charge in [-0.2, -0.15) is 5.26 Å². The van der Waals surface area contributed by atoms with Gasteiger partial charge in [0.05, 0.1) is 12.6 Å². The van der Waals surface area contributed by atoms with Crippen LogP contribution in [0.4, 0.5) is 0 Å². The van der Waals surface area contributed by atoms with Crippen molar-refractivity contribution in [2.24, 2.45) is 5.92 Å². The predicted molar refractivity (Wildman–Crippen MR) is 84.9 cm³/mol. The molecule has 1 aromatic rings. The first-order valence-electron chi connectivity index (χ1n) is 6.99. The number of hydrogen-bond donors (Lipinski definition) is 2. The largest absolute Gasteiger partial charge is 0.337 e. The van der Waals surface area contributed by atoms with Crippen molar-refractivity contribution in [2.45, 2.75) is 39.3 Å². The van der Waals surface area contributed by atoms with Crippen LogP contribution in [-0.4, -0.2) is 18.0 Å². The number of nitriles is 1. The molecule has 114 valence electrons. The highest BCUT2D eigenvalue weighted by Gasteiger charge is 2.29. The van der Waals surface area contributed by atoms with E-state index in [-0.39, 0.29) is 24.4 Å². The number of rotatable bonds is 6. The van der Waals surface area contributed by atoms with Crippen molar-refractivity contribution in [3.8, 4) is 6.07 Å². The SMILES string of the molecule is CC(C)[C@@](C)(C#N)NC(=O)CN[C@@H](C)c1cccc(Cl)c1. The van der Waals surface area contributed by atoms with E-state index in [1.54, 1.807) is 6.92 Å². The number of carbonyl (C=O) groups is 1. The molecule has 4 nitrogen and oxygen atoms in total. The smallest absolute Gasteiger partial charge is 0.235 e. The first kappa shape index (κ1) is 17.5. The lowest BCUT2D eigenvalue weighted by Crippen LogP contribution is -2.51. The van der Waals surface area contributed by atoms with E-state index in [1.165, 1.54) is 0 Å². The van der Waals surface area contributed by atoms with Crippen molar-refractivity contribution in [1.82, 2.24) is 10.6 Å². The molecule has 0 spiro atoms. The Balaban J connectivity index is 2.56. The molecule has 0 saturated heterocycles. The molecule has 2 atom stereocenters. The van der Waals surface area contributed by atoms with Crippen molar-refractivity contribution in [2.75, 3.05) is 6.54 Å². The van der Waals surface area contributed by atoms with Crippen LogP contribution in [0.15, 0.2) is 24.3 Å². The lowest BCUT2D eigenvalue weighted by atomic mass is 9.90. The highest BCUT2D eigenvalue weighted by atomic mass is 35.5. The van der Waals surface area contributed by atoms with E-state index in [9.17, 15) is 10.1 Å². The Labute approximate surface area is 131 Å². The molecule has 0 fully saturated rings. The van der Waals surface area contributed by atoms with Gasteiger partial charge in [-0.15, -0.1) is 0 Å². The van der Waals surface area contributed by atoms with Gasteiger partial charge < -0.3 is 10.6 Å². The summed E-state index contributed by atoms with van der Waals surface area (Å²) in [6.45, 7) is 7.66. The van der Waals surface area contributed by atoms with Crippen LogP contribution in [0.5, 0.6) is 0 Å². The average molecular weight is 308 g/mol. The van der Waals surface area contributed by atoms with Crippen LogP contribution in [0.25, 0.3) is 0 Å². The molecular weight excluding hydrogens is 286 g/mol. The van der Waals surface area contributed by atoms with Gasteiger partial charge in [-0.3, -0.25) is 4.79 Å². The maximum atomic E-state index is 12.0. The molecular formula is C16H22ClN3O. The molecule has 21 heavy (non-hydrogen) atoms. The lowest BCUT2D eigenvalue weighted by Gasteiger charge is -2.27. The minimum absolute atomic E-state index is 0.00171. The molecule has 0 aliphatic heterocycles. The van der Waals surface area contributed by atoms with Gasteiger partial charge in [-0.25, -0.2) is 0 Å². The highest BCUT2D eigenvalue weighted by Crippen LogP contribution is 2.17. The second-order valence-corrected chi connectivity index (χ2v) is 6.11. The molecule has 0 saturated carbocycles. The van der Waals surface area contributed by atoms with Gasteiger partial charge in [-0.1, -0.05) is 37.6 Å². The predicted octanol–water partition coefficient (Wildman–Crippen LogP) is 3.05. The molecule has 0 bridgehead atoms. The average Bonchev–Trinajstić information content (AvgIpc) is 2.44. The van der Waals surface area contributed by atoms with Gasteiger partial charge in [0.15, 0.2) is 0 Å². The fourth-order valence-corrected chi connectivity index (χ4v) is 1.97. The molecule has 0 radical (unpaired) electrons. The Hall–Kier alpha value is -1.57. The zero-order chi connectivity index (χ0) is 16.0. The fourth-order valence-electron chi connectivity index (χ4n) is 1.77. The first-order chi connectivity index (χ1) is 9.78. The Morgan fingerprint density at radius 1 is 1.43 bits per heavy atom. The van der Waals surface area contributed by atoms with Gasteiger partial charge in [-0.05, 0) is 37.5 Å². The van der Waals surface area contributed by atoms with Crippen LogP contribution in [0.1, 0.15) is 39.3 Å². The molecule has 2 N–H and O–H groups in total. The standard InChI is InChI=1S/C16H22ClN3O/c1-11(2)16(4,10-18)20-15(21)9-19-12(3)13-6-5-7-14(17)8-13/h5-8,11-12,19H,9H2,1-4H3,(H,20,21)/t12-,16+/m0/s1. The topological polar surface area (TPSA) is 64.9 Å². The van der Waals surface area contributed by atoms with Gasteiger partial charge in [0, 0.05) is 11.1 Å². The van der Waals surface area contributed by atoms with Crippen molar-refractivity contribution < 1.29 is 4.79 Å². The summed E-state index contributed by atoms with van der Waals surface area (Å²) >= 11 is 5.95. The van der Waals surface area contributed by atoms with E-state index in [4.69, 9.17) is 11.6 Å². The number of amides is 1. The fraction of sp³-hybridized carbons (Fsp3) is 0.500. The van der Waals surface area contributed by atoms with E-state index in [2.05, 4.69) is 16.7 Å². The van der Waals surface area contributed by atoms with Crippen LogP contribution >= 0.6 is 11.6 Å². The maximum Gasteiger partial charge on any atom is 0.235 e. The van der Waals surface area contributed by atoms with Gasteiger partial charge >= 0.3 is 0 Å². The summed E-state index contributed by atoms with van der Waals surface area (Å²) in [6.07, 6.45) is 0. The van der Waals surface area contributed by atoms with Gasteiger partial charge in [0.2, 0.25) is 5.91 Å². The Morgan fingerprint density at radius 3 is 2.62 bits per heavy atom. The zero-order valence-corrected chi connectivity index (χ0v) is 13.7. The molecule has 0 heterocycles. The van der Waals surface area contributed by atoms with E-state index in [0.29, 0.717) is 5.02 Å². The number of carbonyl (C=O) groups excluding carboxylic acids is 1. The van der Waals surface area contributed by atoms with E-state index >= 15 is 0 Å². The van der Waals surface area contributed by atoms with Crippen molar-refractivity contribution in [3.63, 3.8) is 0 Å². The maximum absolute atomic E-state index is 12.0. The summed E-state index contributed by atoms with van der Waals surface area (Å²) < 4.78 is 0. The Morgan fingerprint density at radius 2 is 2.10 bits per heavy atom. The van der Waals surface area contributed by atoms with Gasteiger partial charge in [0.1, 0.15) is 5.54 Å². The number of nitrogens with zero attached hydrogens (tertiary/aromatic N) is 1. The Bertz CT molecular complexity index is 539. The quantitative estimate of drug-likeness (QED) is 0.849. The molecule has 0 unspecified atom stereocenters. The molecule has 0 aliphatic rings. The zero-order valence-electron chi connectivity index (χ0n) is 12.9. The van der Waals surface area contributed by atoms with Crippen LogP contribution in [0.2, 0.25) is 5.02 Å². The third-order valence-electron chi connectivity index (χ3n) is 3.70. The first-order valence-corrected chi connectivity index (χ1v) is 7.37. The summed E-state index contributed by atoms with van der Waals surface area (Å²) in [5.41, 5.74) is 0.167. The third-order valence-corrected chi connectivity index (χ3v) is 3.94. The minimum Gasteiger partial charge on any atom is -0.337 e. The van der Waals surface area contributed by atoms with Crippen LogP contribution < -0.4 is 10.6 Å². The summed E-state index contributed by atoms with van der Waals surface area (Å²) in [5, 5.41) is 15.8. The highest BCUT2D eigenvalue weighted by molar-refractivity contribution is 6.30. The monoisotopic (exact) mass is 307 g/mol. The molecule has 5 heteroatoms. The summed E-state index contributed by atoms with van der Waals surface area (Å²) in [5.74, 6) is -0.154. The summed E-state index contributed by atoms with van der Waals surface area (Å²) in [4.78, 5) is 12.0. The molecule has 0 aromatic heterocycles. The molecule has 1 rings (SSSR count). The second kappa shape index (κ2) is 7.44. The minimum atomic E-state index is -0.849. The van der Waals surface area contributed by atoms with Crippen molar-refractivity contribution in [3.05, 3.63) is 34.9 Å². The van der Waals surface area contributed by atoms with E-state index < -0.39 is 5.54 Å². The number of nitrogens with one attached hydrogen (secondary N) is 2. The number of hydrogen-bond acceptors (Lipinski definition) is 3. The van der Waals surface area contributed by atoms with E-state index in [1.807, 2.05) is 45.0 Å². The molecule has 0 aliphatic carbocycles. The molecule has 1 amide bonds. The van der Waals surface area contributed by atoms with Crippen LogP contribution in [-0.2, 0) is 4.79 Å². The summed E-state index contributed by atoms with van der Waals surface area (Å²) in [7, 11) is 0. The van der Waals surface area contributed by atoms with Crippen LogP contribution in [0, 0.1) is 17.2 Å². The van der Waals surface area contributed by atoms with Crippen molar-refractivity contribution in [1.29, 1.82) is 5.26 Å². The lowest BCUT2D eigenvalue weighted by molar-refractivity contribution is -0.122. The van der Waals surface area contributed by atoms with Crippen LogP contribution in [0.3, 0.4) is 0 Å². The number of halogens is 1. The van der Waals surface area contributed by atoms with Crippen molar-refractivity contribution >= 4 is 17.5 Å². The third kappa shape index (κ3) is 5.04. The summed E-state index contributed by atoms with van der Waals surface area (Å²) in [6, 6.07) is 9.67. The van der Waals surface area contributed by atoms with E-state index in [0.717, 1.165) is 5.56 Å².